The molecular weight excluding hydrogens is 867 g/mol. The highest BCUT2D eigenvalue weighted by atomic mass is 16.8. The molecule has 3 saturated heterocycles. The van der Waals surface area contributed by atoms with E-state index in [0.717, 1.165) is 51.4 Å². The minimum Gasteiger partial charge on any atom is -0.394 e. The molecule has 0 aromatic carbocycles. The van der Waals surface area contributed by atoms with Crippen molar-refractivity contribution in [2.75, 3.05) is 26.4 Å². The van der Waals surface area contributed by atoms with Gasteiger partial charge in [-0.25, -0.2) is 0 Å². The second-order valence-corrected chi connectivity index (χ2v) is 16.8. The van der Waals surface area contributed by atoms with Gasteiger partial charge < -0.3 is 89.9 Å². The van der Waals surface area contributed by atoms with Crippen LogP contribution in [0.25, 0.3) is 0 Å². The Morgan fingerprint density at radius 1 is 0.561 bits per heavy atom. The highest BCUT2D eigenvalue weighted by molar-refractivity contribution is 5.76. The van der Waals surface area contributed by atoms with Gasteiger partial charge in [-0.15, -0.1) is 0 Å². The zero-order chi connectivity index (χ0) is 48.4. The first-order valence-corrected chi connectivity index (χ1v) is 23.5. The van der Waals surface area contributed by atoms with Crippen LogP contribution in [0.1, 0.15) is 97.3 Å². The molecule has 0 saturated carbocycles. The van der Waals surface area contributed by atoms with E-state index in [0.29, 0.717) is 25.7 Å². The standard InChI is InChI=1S/C47H79NO18/c1-3-5-7-9-10-11-12-13-14-15-16-17-18-19-20-21-23-25-35(53)48-30(31(52)24-22-8-6-4-2)29-61-45-41(59)38(56)43(33(27-50)63-45)66-47-42(60)39(57)44(34(28-51)64-47)65-46-40(58)37(55)36(54)32(26-49)62-46/h5,7,10-11,13-14,16-17,19-20,30-34,36-47,49-52,54-60H,3-4,6,8-9,12,15,18,21-29H2,1-2H3,(H,48,53)/b7-5-,11-10-,14-13-,17-16-,20-19-. The van der Waals surface area contributed by atoms with Crippen molar-refractivity contribution in [2.24, 2.45) is 0 Å². The van der Waals surface area contributed by atoms with Crippen molar-refractivity contribution in [3.05, 3.63) is 60.8 Å². The van der Waals surface area contributed by atoms with Crippen LogP contribution in [-0.4, -0.2) is 193 Å². The number of nitrogens with one attached hydrogen (secondary N) is 1. The van der Waals surface area contributed by atoms with E-state index in [1.807, 2.05) is 12.2 Å². The van der Waals surface area contributed by atoms with Gasteiger partial charge in [-0.1, -0.05) is 100 Å². The maximum absolute atomic E-state index is 13.1. The van der Waals surface area contributed by atoms with E-state index >= 15 is 0 Å². The summed E-state index contributed by atoms with van der Waals surface area (Å²) in [6.45, 7) is 1.42. The summed E-state index contributed by atoms with van der Waals surface area (Å²) in [7, 11) is 0. The van der Waals surface area contributed by atoms with Crippen LogP contribution in [0.2, 0.25) is 0 Å². The minimum absolute atomic E-state index is 0.182. The first-order chi connectivity index (χ1) is 31.8. The van der Waals surface area contributed by atoms with Crippen LogP contribution in [0.4, 0.5) is 0 Å². The summed E-state index contributed by atoms with van der Waals surface area (Å²) in [5.41, 5.74) is 0. The molecule has 0 bridgehead atoms. The Morgan fingerprint density at radius 3 is 1.55 bits per heavy atom. The van der Waals surface area contributed by atoms with Crippen LogP contribution in [0.15, 0.2) is 60.8 Å². The van der Waals surface area contributed by atoms with Gasteiger partial charge in [0.2, 0.25) is 5.91 Å². The molecule has 0 aliphatic carbocycles. The number of carbonyl (C=O) groups is 1. The topological polar surface area (TPSA) is 307 Å². The molecule has 1 amide bonds. The summed E-state index contributed by atoms with van der Waals surface area (Å²) in [5.74, 6) is -0.314. The summed E-state index contributed by atoms with van der Waals surface area (Å²) in [5, 5.41) is 119. The monoisotopic (exact) mass is 946 g/mol. The van der Waals surface area contributed by atoms with E-state index < -0.39 is 124 Å². The zero-order valence-electron chi connectivity index (χ0n) is 38.4. The fraction of sp³-hybridized carbons (Fsp3) is 0.766. The summed E-state index contributed by atoms with van der Waals surface area (Å²) in [6.07, 6.45) is 4.37. The molecule has 19 nitrogen and oxygen atoms in total. The molecule has 12 N–H and O–H groups in total. The molecule has 3 rings (SSSR count). The van der Waals surface area contributed by atoms with Crippen LogP contribution >= 0.6 is 0 Å². The number of allylic oxidation sites excluding steroid dienone is 10. The Morgan fingerprint density at radius 2 is 1.03 bits per heavy atom. The molecule has 0 radical (unpaired) electrons. The molecule has 17 atom stereocenters. The lowest BCUT2D eigenvalue weighted by molar-refractivity contribution is -0.379. The lowest BCUT2D eigenvalue weighted by Gasteiger charge is -2.48. The Labute approximate surface area is 388 Å². The number of aliphatic hydroxyl groups excluding tert-OH is 11. The lowest BCUT2D eigenvalue weighted by Crippen LogP contribution is -2.66. The molecule has 0 aromatic rings. The van der Waals surface area contributed by atoms with Gasteiger partial charge >= 0.3 is 0 Å². The highest BCUT2D eigenvalue weighted by Crippen LogP contribution is 2.33. The van der Waals surface area contributed by atoms with E-state index in [1.54, 1.807) is 0 Å². The molecule has 0 spiro atoms. The van der Waals surface area contributed by atoms with Crippen LogP contribution in [-0.2, 0) is 33.2 Å². The Bertz CT molecular complexity index is 1460. The Hall–Kier alpha value is -2.51. The normalized spacial score (nSPS) is 34.3. The zero-order valence-corrected chi connectivity index (χ0v) is 38.4. The van der Waals surface area contributed by atoms with Crippen LogP contribution < -0.4 is 5.32 Å². The van der Waals surface area contributed by atoms with Gasteiger partial charge in [-0.2, -0.15) is 0 Å². The predicted molar refractivity (Wildman–Crippen MR) is 240 cm³/mol. The molecule has 17 unspecified atom stereocenters. The molecule has 0 aromatic heterocycles. The second kappa shape index (κ2) is 32.3. The summed E-state index contributed by atoms with van der Waals surface area (Å²) in [6, 6.07) is -0.914. The number of amides is 1. The van der Waals surface area contributed by atoms with Crippen molar-refractivity contribution < 1.29 is 89.4 Å². The van der Waals surface area contributed by atoms with Gasteiger partial charge in [0.1, 0.15) is 73.2 Å². The summed E-state index contributed by atoms with van der Waals surface area (Å²) in [4.78, 5) is 13.1. The molecule has 3 fully saturated rings. The number of unbranched alkanes of at least 4 members (excludes halogenated alkanes) is 4. The van der Waals surface area contributed by atoms with Crippen molar-refractivity contribution in [3.8, 4) is 0 Å². The highest BCUT2D eigenvalue weighted by Gasteiger charge is 2.53. The van der Waals surface area contributed by atoms with Crippen molar-refractivity contribution in [2.45, 2.75) is 202 Å². The van der Waals surface area contributed by atoms with Crippen LogP contribution in [0, 0.1) is 0 Å². The number of rotatable bonds is 30. The maximum Gasteiger partial charge on any atom is 0.220 e. The van der Waals surface area contributed by atoms with E-state index in [1.165, 1.54) is 0 Å². The number of hydrogen-bond donors (Lipinski definition) is 12. The van der Waals surface area contributed by atoms with Gasteiger partial charge in [-0.05, 0) is 51.4 Å². The third-order valence-electron chi connectivity index (χ3n) is 11.6. The van der Waals surface area contributed by atoms with E-state index in [2.05, 4.69) is 67.8 Å². The third-order valence-corrected chi connectivity index (χ3v) is 11.6. The minimum atomic E-state index is -1.98. The molecule has 3 heterocycles. The molecule has 3 aliphatic rings. The fourth-order valence-electron chi connectivity index (χ4n) is 7.64. The van der Waals surface area contributed by atoms with E-state index in [-0.39, 0.29) is 18.9 Å². The van der Waals surface area contributed by atoms with Gasteiger partial charge in [0, 0.05) is 6.42 Å². The third kappa shape index (κ3) is 18.8. The van der Waals surface area contributed by atoms with Gasteiger partial charge in [-0.3, -0.25) is 4.79 Å². The summed E-state index contributed by atoms with van der Waals surface area (Å²) < 4.78 is 33.9. The molecule has 66 heavy (non-hydrogen) atoms. The molecule has 3 aliphatic heterocycles. The van der Waals surface area contributed by atoms with E-state index in [9.17, 15) is 61.0 Å². The average molecular weight is 946 g/mol. The summed E-state index contributed by atoms with van der Waals surface area (Å²) >= 11 is 0. The predicted octanol–water partition coefficient (Wildman–Crippen LogP) is 0.189. The van der Waals surface area contributed by atoms with Crippen molar-refractivity contribution in [1.29, 1.82) is 0 Å². The van der Waals surface area contributed by atoms with E-state index in [4.69, 9.17) is 28.4 Å². The number of hydrogen-bond acceptors (Lipinski definition) is 18. The molecule has 380 valence electrons. The van der Waals surface area contributed by atoms with Crippen LogP contribution in [0.3, 0.4) is 0 Å². The lowest BCUT2D eigenvalue weighted by atomic mass is 9.96. The quantitative estimate of drug-likeness (QED) is 0.0338. The van der Waals surface area contributed by atoms with Crippen molar-refractivity contribution in [3.63, 3.8) is 0 Å². The van der Waals surface area contributed by atoms with Crippen molar-refractivity contribution >= 4 is 5.91 Å². The second-order valence-electron chi connectivity index (χ2n) is 16.8. The van der Waals surface area contributed by atoms with Gasteiger partial charge in [0.15, 0.2) is 18.9 Å². The van der Waals surface area contributed by atoms with Crippen molar-refractivity contribution in [1.82, 2.24) is 5.32 Å². The number of ether oxygens (including phenoxy) is 6. The SMILES string of the molecule is CC/C=C\C/C=C\C/C=C\C/C=C\C/C=C\CCCC(=O)NC(COC1OC(CO)C(OC2OC(CO)C(OC3OC(CO)C(O)C(O)C3O)C(O)C2O)C(O)C1O)C(O)CCCCCC. The number of carbonyl (C=O) groups excluding carboxylic acids is 1. The number of aliphatic hydroxyl groups is 11. The average Bonchev–Trinajstić information content (AvgIpc) is 3.31. The largest absolute Gasteiger partial charge is 0.394 e. The maximum atomic E-state index is 13.1. The van der Waals surface area contributed by atoms with Crippen LogP contribution in [0.5, 0.6) is 0 Å². The van der Waals surface area contributed by atoms with Gasteiger partial charge in [0.25, 0.3) is 0 Å². The van der Waals surface area contributed by atoms with Gasteiger partial charge in [0.05, 0.1) is 38.6 Å². The smallest absolute Gasteiger partial charge is 0.220 e. The Kier molecular flexibility index (Phi) is 28.3. The molecular formula is C47H79NO18. The Balaban J connectivity index is 1.52. The fourth-order valence-corrected chi connectivity index (χ4v) is 7.64. The molecule has 19 heteroatoms. The first-order valence-electron chi connectivity index (χ1n) is 23.5. The first kappa shape index (κ1) is 57.8.